The van der Waals surface area contributed by atoms with Crippen LogP contribution in [0.25, 0.3) is 0 Å². The van der Waals surface area contributed by atoms with E-state index in [2.05, 4.69) is 22.3 Å². The van der Waals surface area contributed by atoms with Crippen LogP contribution in [0.3, 0.4) is 0 Å². The number of nitrogens with one attached hydrogen (secondary N) is 1. The number of methoxy groups -OCH3 is 1. The van der Waals surface area contributed by atoms with Gasteiger partial charge in [-0.05, 0) is 42.8 Å². The minimum Gasteiger partial charge on any atom is -0.497 e. The zero-order chi connectivity index (χ0) is 30.6. The second-order valence-electron chi connectivity index (χ2n) is 10.7. The molecule has 0 aliphatic carbocycles. The van der Waals surface area contributed by atoms with E-state index in [1.54, 1.807) is 25.3 Å². The van der Waals surface area contributed by atoms with Crippen LogP contribution in [0.5, 0.6) is 5.75 Å². The molecule has 1 saturated heterocycles. The number of carbonyl (C=O) groups is 3. The zero-order valence-corrected chi connectivity index (χ0v) is 25.5. The van der Waals surface area contributed by atoms with Crippen molar-refractivity contribution >= 4 is 57.5 Å². The molecule has 44 heavy (non-hydrogen) atoms. The number of ether oxygens (including phenoxy) is 1. The molecule has 0 spiro atoms. The Hall–Kier alpha value is -4.64. The van der Waals surface area contributed by atoms with E-state index in [1.165, 1.54) is 16.7 Å². The van der Waals surface area contributed by atoms with E-state index in [-0.39, 0.29) is 24.1 Å². The highest BCUT2D eigenvalue weighted by Crippen LogP contribution is 2.36. The van der Waals surface area contributed by atoms with Gasteiger partial charge >= 0.3 is 0 Å². The van der Waals surface area contributed by atoms with Gasteiger partial charge in [0, 0.05) is 49.2 Å². The normalized spacial score (nSPS) is 18.2. The smallest absolute Gasteiger partial charge is 0.259 e. The first-order valence-electron chi connectivity index (χ1n) is 14.7. The van der Waals surface area contributed by atoms with Crippen molar-refractivity contribution in [3.63, 3.8) is 0 Å². The van der Waals surface area contributed by atoms with Crippen LogP contribution < -0.4 is 15.0 Å². The summed E-state index contributed by atoms with van der Waals surface area (Å²) in [7, 11) is 1.57. The third kappa shape index (κ3) is 6.05. The van der Waals surface area contributed by atoms with Gasteiger partial charge in [0.25, 0.3) is 5.91 Å². The van der Waals surface area contributed by atoms with Crippen LogP contribution in [0.1, 0.15) is 25.3 Å². The lowest BCUT2D eigenvalue weighted by atomic mass is 10.1. The average Bonchev–Trinajstić information content (AvgIpc) is 3.39. The molecule has 2 atom stereocenters. The molecule has 0 saturated carbocycles. The highest BCUT2D eigenvalue weighted by atomic mass is 32.2. The zero-order valence-electron chi connectivity index (χ0n) is 24.7. The van der Waals surface area contributed by atoms with Crippen LogP contribution in [0, 0.1) is 0 Å². The van der Waals surface area contributed by atoms with Gasteiger partial charge in [0.15, 0.2) is 5.17 Å². The maximum atomic E-state index is 13.8. The Kier molecular flexibility index (Phi) is 8.65. The van der Waals surface area contributed by atoms with Crippen molar-refractivity contribution in [1.82, 2.24) is 9.80 Å². The molecule has 1 N–H and O–H groups in total. The summed E-state index contributed by atoms with van der Waals surface area (Å²) in [5.74, 6) is 0.500. The average molecular weight is 611 g/mol. The molecule has 3 aliphatic rings. The number of nitrogens with zero attached hydrogens (tertiary/aromatic N) is 5. The van der Waals surface area contributed by atoms with Crippen molar-refractivity contribution in [2.75, 3.05) is 43.5 Å². The van der Waals surface area contributed by atoms with Crippen LogP contribution in [0.4, 0.5) is 17.1 Å². The minimum absolute atomic E-state index is 0.0161. The van der Waals surface area contributed by atoms with Gasteiger partial charge in [0.2, 0.25) is 11.8 Å². The SMILES string of the molecule is CC[C@H](SC1=Nc2ccccc2C2=N[C@@H](CC(=O)N3CCN(c4ccccc4)CC3)C(=O)N12)C(=O)Nc1cccc(OC)c1. The Labute approximate surface area is 260 Å². The molecule has 3 amide bonds. The fourth-order valence-corrected chi connectivity index (χ4v) is 6.55. The summed E-state index contributed by atoms with van der Waals surface area (Å²) >= 11 is 1.22. The van der Waals surface area contributed by atoms with Gasteiger partial charge in [-0.25, -0.2) is 9.89 Å². The van der Waals surface area contributed by atoms with Crippen molar-refractivity contribution in [2.45, 2.75) is 31.1 Å². The van der Waals surface area contributed by atoms with Crippen LogP contribution in [-0.4, -0.2) is 83.1 Å². The number of aliphatic imine (C=N–C) groups is 2. The minimum atomic E-state index is -0.854. The number of benzene rings is 3. The highest BCUT2D eigenvalue weighted by molar-refractivity contribution is 8.15. The fourth-order valence-electron chi connectivity index (χ4n) is 5.53. The Balaban J connectivity index is 1.16. The summed E-state index contributed by atoms with van der Waals surface area (Å²) in [6.07, 6.45) is 0.490. The molecule has 10 nitrogen and oxygen atoms in total. The number of carbonyl (C=O) groups excluding carboxylic acids is 3. The van der Waals surface area contributed by atoms with Gasteiger partial charge in [0.05, 0.1) is 24.5 Å². The van der Waals surface area contributed by atoms with Crippen LogP contribution in [0.15, 0.2) is 88.8 Å². The van der Waals surface area contributed by atoms with Crippen molar-refractivity contribution in [3.05, 3.63) is 84.4 Å². The monoisotopic (exact) mass is 610 g/mol. The van der Waals surface area contributed by atoms with E-state index in [1.807, 2.05) is 60.4 Å². The third-order valence-corrected chi connectivity index (χ3v) is 9.23. The van der Waals surface area contributed by atoms with Crippen molar-refractivity contribution in [1.29, 1.82) is 0 Å². The molecule has 6 rings (SSSR count). The quantitative estimate of drug-likeness (QED) is 0.401. The van der Waals surface area contributed by atoms with Crippen LogP contribution >= 0.6 is 11.8 Å². The summed E-state index contributed by atoms with van der Waals surface area (Å²) in [6.45, 7) is 4.54. The van der Waals surface area contributed by atoms with Crippen molar-refractivity contribution in [2.24, 2.45) is 9.98 Å². The number of thioether (sulfide) groups is 1. The molecule has 0 unspecified atom stereocenters. The summed E-state index contributed by atoms with van der Waals surface area (Å²) in [4.78, 5) is 55.7. The van der Waals surface area contributed by atoms with Gasteiger partial charge < -0.3 is 19.9 Å². The Bertz CT molecular complexity index is 1620. The van der Waals surface area contributed by atoms with Gasteiger partial charge in [0.1, 0.15) is 17.6 Å². The summed E-state index contributed by atoms with van der Waals surface area (Å²) in [5, 5.41) is 2.80. The van der Waals surface area contributed by atoms with Gasteiger partial charge in [-0.1, -0.05) is 55.1 Å². The Morgan fingerprint density at radius 2 is 1.75 bits per heavy atom. The summed E-state index contributed by atoms with van der Waals surface area (Å²) in [6, 6.07) is 23.9. The molecular formula is C33H34N6O4S. The number of hydrogen-bond acceptors (Lipinski definition) is 8. The maximum Gasteiger partial charge on any atom is 0.259 e. The van der Waals surface area contributed by atoms with Crippen molar-refractivity contribution < 1.29 is 19.1 Å². The van der Waals surface area contributed by atoms with E-state index in [0.717, 1.165) is 24.3 Å². The molecule has 3 aliphatic heterocycles. The molecular weight excluding hydrogens is 576 g/mol. The Morgan fingerprint density at radius 3 is 2.50 bits per heavy atom. The predicted octanol–water partition coefficient (Wildman–Crippen LogP) is 4.54. The number of amides is 3. The lowest BCUT2D eigenvalue weighted by molar-refractivity contribution is -0.135. The van der Waals surface area contributed by atoms with Gasteiger partial charge in [-0.2, -0.15) is 0 Å². The number of para-hydroxylation sites is 2. The summed E-state index contributed by atoms with van der Waals surface area (Å²) < 4.78 is 5.27. The number of amidine groups is 2. The second-order valence-corrected chi connectivity index (χ2v) is 11.9. The lowest BCUT2D eigenvalue weighted by Gasteiger charge is -2.36. The summed E-state index contributed by atoms with van der Waals surface area (Å²) in [5.41, 5.74) is 3.15. The topological polar surface area (TPSA) is 107 Å². The molecule has 11 heteroatoms. The number of fused-ring (bicyclic) bond motifs is 3. The maximum absolute atomic E-state index is 13.8. The van der Waals surface area contributed by atoms with E-state index in [4.69, 9.17) is 14.7 Å². The van der Waals surface area contributed by atoms with E-state index in [0.29, 0.717) is 47.6 Å². The third-order valence-electron chi connectivity index (χ3n) is 7.92. The largest absolute Gasteiger partial charge is 0.497 e. The number of rotatable bonds is 8. The molecule has 1 fully saturated rings. The number of hydrogen-bond donors (Lipinski definition) is 1. The molecule has 3 aromatic carbocycles. The van der Waals surface area contributed by atoms with Crippen LogP contribution in [-0.2, 0) is 14.4 Å². The standard InChI is InChI=1S/C33H34N6O4S/c1-3-28(31(41)34-22-10-9-13-24(20-22)43-2)44-33-36-26-15-8-7-14-25(26)30-35-27(32(42)39(30)33)21-29(40)38-18-16-37(17-19-38)23-11-5-4-6-12-23/h4-15,20,27-28H,3,16-19,21H2,1-2H3,(H,34,41)/t27-,28-/m0/s1. The van der Waals surface area contributed by atoms with E-state index < -0.39 is 11.3 Å². The Morgan fingerprint density at radius 1 is 1.00 bits per heavy atom. The molecule has 0 bridgehead atoms. The van der Waals surface area contributed by atoms with Crippen molar-refractivity contribution in [3.8, 4) is 5.75 Å². The highest BCUT2D eigenvalue weighted by Gasteiger charge is 2.43. The van der Waals surface area contributed by atoms with E-state index >= 15 is 0 Å². The van der Waals surface area contributed by atoms with Crippen LogP contribution in [0.2, 0.25) is 0 Å². The molecule has 3 heterocycles. The molecule has 3 aromatic rings. The van der Waals surface area contributed by atoms with E-state index in [9.17, 15) is 14.4 Å². The lowest BCUT2D eigenvalue weighted by Crippen LogP contribution is -2.50. The number of piperazine rings is 1. The molecule has 0 radical (unpaired) electrons. The molecule has 226 valence electrons. The fraction of sp³-hybridized carbons (Fsp3) is 0.303. The molecule has 0 aromatic heterocycles. The number of anilines is 2. The predicted molar refractivity (Wildman–Crippen MR) is 174 cm³/mol. The first-order chi connectivity index (χ1) is 21.4. The van der Waals surface area contributed by atoms with Gasteiger partial charge in [-0.3, -0.25) is 19.4 Å². The first kappa shape index (κ1) is 29.4. The second kappa shape index (κ2) is 12.9. The van der Waals surface area contributed by atoms with Gasteiger partial charge in [-0.15, -0.1) is 0 Å². The first-order valence-corrected chi connectivity index (χ1v) is 15.6.